The van der Waals surface area contributed by atoms with Crippen LogP contribution in [0.25, 0.3) is 0 Å². The van der Waals surface area contributed by atoms with Gasteiger partial charge in [-0.1, -0.05) is 0 Å². The third-order valence-corrected chi connectivity index (χ3v) is 2.57. The molecule has 78 valence electrons. The monoisotopic (exact) mass is 186 g/mol. The largest absolute Gasteiger partial charge is 0.381 e. The van der Waals surface area contributed by atoms with Crippen molar-refractivity contribution in [1.29, 1.82) is 0 Å². The van der Waals surface area contributed by atoms with E-state index in [0.29, 0.717) is 0 Å². The summed E-state index contributed by atoms with van der Waals surface area (Å²) in [7, 11) is 0. The Hall–Kier alpha value is -0.120. The third kappa shape index (κ3) is 4.07. The minimum Gasteiger partial charge on any atom is -0.381 e. The molecule has 0 aliphatic carbocycles. The topological polar surface area (TPSA) is 47.3 Å². The standard InChI is InChI=1S/C10H22N2O/c1-9(2,11)8-12-10(3)4-6-13-7-5-10/h12H,4-8,11H2,1-3H3. The second-order valence-electron chi connectivity index (χ2n) is 5.02. The Morgan fingerprint density at radius 2 is 1.92 bits per heavy atom. The van der Waals surface area contributed by atoms with E-state index >= 15 is 0 Å². The number of rotatable bonds is 3. The molecule has 1 aliphatic heterocycles. The first kappa shape index (κ1) is 11.0. The number of hydrogen-bond acceptors (Lipinski definition) is 3. The molecule has 0 spiro atoms. The van der Waals surface area contributed by atoms with Gasteiger partial charge in [-0.15, -0.1) is 0 Å². The van der Waals surface area contributed by atoms with Gasteiger partial charge in [0, 0.05) is 30.8 Å². The van der Waals surface area contributed by atoms with Gasteiger partial charge in [-0.3, -0.25) is 0 Å². The van der Waals surface area contributed by atoms with Crippen molar-refractivity contribution < 1.29 is 4.74 Å². The molecule has 1 rings (SSSR count). The fourth-order valence-electron chi connectivity index (χ4n) is 1.44. The lowest BCUT2D eigenvalue weighted by molar-refractivity contribution is 0.0436. The lowest BCUT2D eigenvalue weighted by Crippen LogP contribution is -2.54. The average Bonchev–Trinajstić information content (AvgIpc) is 2.02. The van der Waals surface area contributed by atoms with Crippen LogP contribution in [0.1, 0.15) is 33.6 Å². The SMILES string of the molecule is CC(C)(N)CNC1(C)CCOCC1. The van der Waals surface area contributed by atoms with E-state index in [-0.39, 0.29) is 11.1 Å². The van der Waals surface area contributed by atoms with Crippen molar-refractivity contribution in [2.75, 3.05) is 19.8 Å². The molecule has 13 heavy (non-hydrogen) atoms. The Morgan fingerprint density at radius 1 is 1.38 bits per heavy atom. The fourth-order valence-corrected chi connectivity index (χ4v) is 1.44. The van der Waals surface area contributed by atoms with E-state index in [1.807, 2.05) is 13.8 Å². The molecule has 0 saturated carbocycles. The summed E-state index contributed by atoms with van der Waals surface area (Å²) < 4.78 is 5.33. The molecule has 0 bridgehead atoms. The van der Waals surface area contributed by atoms with Crippen molar-refractivity contribution >= 4 is 0 Å². The number of nitrogens with one attached hydrogen (secondary N) is 1. The lowest BCUT2D eigenvalue weighted by Gasteiger charge is -2.37. The zero-order valence-corrected chi connectivity index (χ0v) is 9.02. The molecule has 3 nitrogen and oxygen atoms in total. The first-order chi connectivity index (χ1) is 5.91. The van der Waals surface area contributed by atoms with Gasteiger partial charge in [0.15, 0.2) is 0 Å². The summed E-state index contributed by atoms with van der Waals surface area (Å²) >= 11 is 0. The minimum absolute atomic E-state index is 0.124. The van der Waals surface area contributed by atoms with E-state index in [1.54, 1.807) is 0 Å². The molecular weight excluding hydrogens is 164 g/mol. The van der Waals surface area contributed by atoms with Crippen molar-refractivity contribution in [3.05, 3.63) is 0 Å². The van der Waals surface area contributed by atoms with Gasteiger partial charge in [-0.2, -0.15) is 0 Å². The Bertz CT molecular complexity index is 157. The smallest absolute Gasteiger partial charge is 0.0483 e. The normalized spacial score (nSPS) is 23.1. The van der Waals surface area contributed by atoms with Crippen LogP contribution < -0.4 is 11.1 Å². The predicted molar refractivity (Wildman–Crippen MR) is 54.7 cm³/mol. The first-order valence-electron chi connectivity index (χ1n) is 5.03. The summed E-state index contributed by atoms with van der Waals surface area (Å²) in [5.74, 6) is 0. The van der Waals surface area contributed by atoms with E-state index in [2.05, 4.69) is 12.2 Å². The van der Waals surface area contributed by atoms with Crippen LogP contribution in [0.4, 0.5) is 0 Å². The molecule has 0 aromatic rings. The molecule has 0 atom stereocenters. The van der Waals surface area contributed by atoms with Crippen LogP contribution in [-0.2, 0) is 4.74 Å². The molecule has 0 unspecified atom stereocenters. The van der Waals surface area contributed by atoms with Crippen LogP contribution in [-0.4, -0.2) is 30.8 Å². The van der Waals surface area contributed by atoms with Gasteiger partial charge in [-0.25, -0.2) is 0 Å². The summed E-state index contributed by atoms with van der Waals surface area (Å²) in [5, 5.41) is 3.53. The van der Waals surface area contributed by atoms with Crippen molar-refractivity contribution in [1.82, 2.24) is 5.32 Å². The van der Waals surface area contributed by atoms with Gasteiger partial charge < -0.3 is 15.8 Å². The highest BCUT2D eigenvalue weighted by molar-refractivity contribution is 4.88. The van der Waals surface area contributed by atoms with Crippen LogP contribution in [0.2, 0.25) is 0 Å². The molecule has 0 amide bonds. The second kappa shape index (κ2) is 3.95. The zero-order valence-electron chi connectivity index (χ0n) is 9.02. The van der Waals surface area contributed by atoms with Crippen LogP contribution >= 0.6 is 0 Å². The molecule has 0 radical (unpaired) electrons. The molecule has 1 aliphatic rings. The first-order valence-corrected chi connectivity index (χ1v) is 5.03. The maximum absolute atomic E-state index is 5.92. The maximum atomic E-state index is 5.92. The number of nitrogens with two attached hydrogens (primary N) is 1. The van der Waals surface area contributed by atoms with Gasteiger partial charge in [0.1, 0.15) is 0 Å². The summed E-state index contributed by atoms with van der Waals surface area (Å²) in [5.41, 5.74) is 6.03. The Kier molecular flexibility index (Phi) is 3.33. The minimum atomic E-state index is -0.124. The molecule has 0 aromatic carbocycles. The Labute approximate surface area is 81.0 Å². The maximum Gasteiger partial charge on any atom is 0.0483 e. The number of hydrogen-bond donors (Lipinski definition) is 2. The third-order valence-electron chi connectivity index (χ3n) is 2.57. The van der Waals surface area contributed by atoms with Gasteiger partial charge in [0.25, 0.3) is 0 Å². The summed E-state index contributed by atoms with van der Waals surface area (Å²) in [4.78, 5) is 0. The molecule has 3 heteroatoms. The summed E-state index contributed by atoms with van der Waals surface area (Å²) in [6.07, 6.45) is 2.17. The van der Waals surface area contributed by atoms with Crippen LogP contribution in [0.15, 0.2) is 0 Å². The van der Waals surface area contributed by atoms with Gasteiger partial charge in [-0.05, 0) is 33.6 Å². The number of ether oxygens (including phenoxy) is 1. The van der Waals surface area contributed by atoms with Crippen LogP contribution in [0, 0.1) is 0 Å². The average molecular weight is 186 g/mol. The predicted octanol–water partition coefficient (Wildman–Crippen LogP) is 0.882. The molecular formula is C10H22N2O. The highest BCUT2D eigenvalue weighted by atomic mass is 16.5. The Balaban J connectivity index is 2.33. The van der Waals surface area contributed by atoms with Crippen molar-refractivity contribution in [3.63, 3.8) is 0 Å². The molecule has 1 fully saturated rings. The fraction of sp³-hybridized carbons (Fsp3) is 1.00. The summed E-state index contributed by atoms with van der Waals surface area (Å²) in [6, 6.07) is 0. The zero-order chi connectivity index (χ0) is 9.95. The van der Waals surface area contributed by atoms with Crippen LogP contribution in [0.5, 0.6) is 0 Å². The molecule has 1 heterocycles. The van der Waals surface area contributed by atoms with E-state index in [1.165, 1.54) is 0 Å². The van der Waals surface area contributed by atoms with Gasteiger partial charge in [0.05, 0.1) is 0 Å². The van der Waals surface area contributed by atoms with Crippen molar-refractivity contribution in [3.8, 4) is 0 Å². The van der Waals surface area contributed by atoms with Gasteiger partial charge in [0.2, 0.25) is 0 Å². The van der Waals surface area contributed by atoms with Crippen molar-refractivity contribution in [2.45, 2.75) is 44.7 Å². The molecule has 0 aromatic heterocycles. The van der Waals surface area contributed by atoms with E-state index < -0.39 is 0 Å². The Morgan fingerprint density at radius 3 is 2.38 bits per heavy atom. The molecule has 3 N–H and O–H groups in total. The highest BCUT2D eigenvalue weighted by Crippen LogP contribution is 2.19. The lowest BCUT2D eigenvalue weighted by atomic mass is 9.91. The van der Waals surface area contributed by atoms with E-state index in [9.17, 15) is 0 Å². The highest BCUT2D eigenvalue weighted by Gasteiger charge is 2.27. The van der Waals surface area contributed by atoms with Gasteiger partial charge >= 0.3 is 0 Å². The van der Waals surface area contributed by atoms with E-state index in [4.69, 9.17) is 10.5 Å². The van der Waals surface area contributed by atoms with Crippen LogP contribution in [0.3, 0.4) is 0 Å². The quantitative estimate of drug-likeness (QED) is 0.688. The second-order valence-corrected chi connectivity index (χ2v) is 5.02. The van der Waals surface area contributed by atoms with Crippen molar-refractivity contribution in [2.24, 2.45) is 5.73 Å². The van der Waals surface area contributed by atoms with E-state index in [0.717, 1.165) is 32.6 Å². The summed E-state index contributed by atoms with van der Waals surface area (Å²) in [6.45, 7) is 8.94. The molecule has 1 saturated heterocycles.